The number of rotatable bonds is 6. The Kier molecular flexibility index (Phi) is 5.27. The number of hydrogen-bond acceptors (Lipinski definition) is 4. The first kappa shape index (κ1) is 18.0. The number of H-pyrrole nitrogens is 1. The molecule has 2 amide bonds. The third-order valence-corrected chi connectivity index (χ3v) is 4.34. The van der Waals surface area contributed by atoms with Crippen molar-refractivity contribution in [3.63, 3.8) is 0 Å². The summed E-state index contributed by atoms with van der Waals surface area (Å²) in [5.41, 5.74) is 3.84. The van der Waals surface area contributed by atoms with E-state index in [-0.39, 0.29) is 29.3 Å². The van der Waals surface area contributed by atoms with Crippen molar-refractivity contribution in [3.05, 3.63) is 52.3 Å². The second-order valence-corrected chi connectivity index (χ2v) is 6.14. The van der Waals surface area contributed by atoms with Crippen LogP contribution in [0.4, 0.5) is 0 Å². The second kappa shape index (κ2) is 7.61. The third kappa shape index (κ3) is 3.57. The van der Waals surface area contributed by atoms with Gasteiger partial charge in [0.2, 0.25) is 0 Å². The largest absolute Gasteiger partial charge is 0.484 e. The summed E-state index contributed by atoms with van der Waals surface area (Å²) < 4.78 is 11.5. The molecule has 7 heteroatoms. The Hall–Kier alpha value is -2.80. The van der Waals surface area contributed by atoms with E-state index in [0.717, 1.165) is 11.1 Å². The number of hydrogen-bond donors (Lipinski definition) is 3. The van der Waals surface area contributed by atoms with Gasteiger partial charge in [-0.3, -0.25) is 9.59 Å². The quantitative estimate of drug-likeness (QED) is 0.740. The number of aromatic amines is 1. The standard InChI is InChI=1S/C19H23N3O4/c1-4-21-18(23)15-8-16(17(22-15)19(24)20-3)26-11(2)12-5-6-13-9-25-10-14(13)7-12/h5-8,11,22H,4,9-10H2,1-3H3,(H,20,24)(H,21,23)/t11-/m0/s1. The minimum atomic E-state index is -0.342. The van der Waals surface area contributed by atoms with E-state index in [1.54, 1.807) is 6.07 Å². The molecule has 1 aromatic heterocycles. The first-order valence-corrected chi connectivity index (χ1v) is 8.62. The number of benzene rings is 1. The van der Waals surface area contributed by atoms with Gasteiger partial charge in [-0.25, -0.2) is 0 Å². The van der Waals surface area contributed by atoms with Gasteiger partial charge in [-0.05, 0) is 36.6 Å². The molecule has 138 valence electrons. The van der Waals surface area contributed by atoms with Gasteiger partial charge in [0.25, 0.3) is 11.8 Å². The van der Waals surface area contributed by atoms with Gasteiger partial charge < -0.3 is 25.1 Å². The van der Waals surface area contributed by atoms with Crippen molar-refractivity contribution in [3.8, 4) is 5.75 Å². The van der Waals surface area contributed by atoms with E-state index in [1.807, 2.05) is 26.0 Å². The molecule has 0 saturated carbocycles. The fourth-order valence-electron chi connectivity index (χ4n) is 2.90. The molecule has 26 heavy (non-hydrogen) atoms. The van der Waals surface area contributed by atoms with Crippen LogP contribution in [0.1, 0.15) is 57.6 Å². The molecule has 0 radical (unpaired) electrons. The van der Waals surface area contributed by atoms with Gasteiger partial charge in [0.1, 0.15) is 17.5 Å². The first-order chi connectivity index (χ1) is 12.5. The minimum Gasteiger partial charge on any atom is -0.484 e. The number of carbonyl (C=O) groups is 2. The van der Waals surface area contributed by atoms with Crippen molar-refractivity contribution in [2.24, 2.45) is 0 Å². The van der Waals surface area contributed by atoms with Crippen molar-refractivity contribution >= 4 is 11.8 Å². The molecule has 0 spiro atoms. The average Bonchev–Trinajstić information content (AvgIpc) is 3.27. The van der Waals surface area contributed by atoms with Crippen LogP contribution in [-0.4, -0.2) is 30.4 Å². The molecule has 1 atom stereocenters. The zero-order valence-corrected chi connectivity index (χ0v) is 15.1. The summed E-state index contributed by atoms with van der Waals surface area (Å²) in [5, 5.41) is 5.26. The molecule has 0 bridgehead atoms. The molecule has 0 unspecified atom stereocenters. The zero-order chi connectivity index (χ0) is 18.7. The maximum Gasteiger partial charge on any atom is 0.271 e. The topological polar surface area (TPSA) is 92.4 Å². The van der Waals surface area contributed by atoms with Crippen LogP contribution in [0, 0.1) is 0 Å². The normalized spacial score (nSPS) is 13.8. The highest BCUT2D eigenvalue weighted by molar-refractivity contribution is 5.99. The SMILES string of the molecule is CCNC(=O)c1cc(O[C@@H](C)c2ccc3c(c2)COC3)c(C(=O)NC)[nH]1. The van der Waals surface area contributed by atoms with E-state index < -0.39 is 0 Å². The summed E-state index contributed by atoms with van der Waals surface area (Å²) >= 11 is 0. The van der Waals surface area contributed by atoms with Crippen LogP contribution in [0.15, 0.2) is 24.3 Å². The molecule has 1 aromatic carbocycles. The summed E-state index contributed by atoms with van der Waals surface area (Å²) in [6, 6.07) is 7.65. The summed E-state index contributed by atoms with van der Waals surface area (Å²) in [6.07, 6.45) is -0.290. The lowest BCUT2D eigenvalue weighted by atomic mass is 10.0. The summed E-state index contributed by atoms with van der Waals surface area (Å²) in [4.78, 5) is 27.0. The van der Waals surface area contributed by atoms with Crippen LogP contribution >= 0.6 is 0 Å². The van der Waals surface area contributed by atoms with Crippen LogP contribution in [-0.2, 0) is 18.0 Å². The van der Waals surface area contributed by atoms with Crippen molar-refractivity contribution in [2.75, 3.05) is 13.6 Å². The number of fused-ring (bicyclic) bond motifs is 1. The molecular formula is C19H23N3O4. The number of nitrogens with one attached hydrogen (secondary N) is 3. The van der Waals surface area contributed by atoms with Crippen molar-refractivity contribution in [2.45, 2.75) is 33.2 Å². The Bertz CT molecular complexity index is 828. The first-order valence-electron chi connectivity index (χ1n) is 8.62. The minimum absolute atomic E-state index is 0.227. The van der Waals surface area contributed by atoms with Gasteiger partial charge in [-0.2, -0.15) is 0 Å². The van der Waals surface area contributed by atoms with Gasteiger partial charge in [0.05, 0.1) is 13.2 Å². The summed E-state index contributed by atoms with van der Waals surface area (Å²) in [7, 11) is 1.53. The van der Waals surface area contributed by atoms with Gasteiger partial charge >= 0.3 is 0 Å². The molecule has 3 rings (SSSR count). The molecule has 2 heterocycles. The third-order valence-electron chi connectivity index (χ3n) is 4.34. The summed E-state index contributed by atoms with van der Waals surface area (Å²) in [5.74, 6) is -0.283. The Morgan fingerprint density at radius 2 is 2.00 bits per heavy atom. The zero-order valence-electron chi connectivity index (χ0n) is 15.1. The second-order valence-electron chi connectivity index (χ2n) is 6.14. The number of ether oxygens (including phenoxy) is 2. The van der Waals surface area contributed by atoms with Crippen LogP contribution in [0.5, 0.6) is 5.75 Å². The maximum atomic E-state index is 12.1. The molecule has 1 aliphatic heterocycles. The highest BCUT2D eigenvalue weighted by atomic mass is 16.5. The monoisotopic (exact) mass is 357 g/mol. The van der Waals surface area contributed by atoms with E-state index in [4.69, 9.17) is 9.47 Å². The van der Waals surface area contributed by atoms with E-state index >= 15 is 0 Å². The molecular weight excluding hydrogens is 334 g/mol. The van der Waals surface area contributed by atoms with Crippen LogP contribution in [0.25, 0.3) is 0 Å². The van der Waals surface area contributed by atoms with Gasteiger partial charge in [0, 0.05) is 19.7 Å². The number of aromatic nitrogens is 1. The van der Waals surface area contributed by atoms with Crippen molar-refractivity contribution < 1.29 is 19.1 Å². The fraction of sp³-hybridized carbons (Fsp3) is 0.368. The van der Waals surface area contributed by atoms with Gasteiger partial charge in [-0.1, -0.05) is 12.1 Å². The van der Waals surface area contributed by atoms with Gasteiger partial charge in [-0.15, -0.1) is 0 Å². The molecule has 0 fully saturated rings. The van der Waals surface area contributed by atoms with Crippen molar-refractivity contribution in [1.82, 2.24) is 15.6 Å². The number of amides is 2. The summed E-state index contributed by atoms with van der Waals surface area (Å²) in [6.45, 7) is 5.47. The molecule has 1 aliphatic rings. The maximum absolute atomic E-state index is 12.1. The molecule has 7 nitrogen and oxygen atoms in total. The van der Waals surface area contributed by atoms with E-state index in [9.17, 15) is 9.59 Å². The highest BCUT2D eigenvalue weighted by Gasteiger charge is 2.22. The molecule has 0 saturated heterocycles. The Morgan fingerprint density at radius 1 is 1.23 bits per heavy atom. The van der Waals surface area contributed by atoms with E-state index in [2.05, 4.69) is 21.7 Å². The predicted octanol–water partition coefficient (Wildman–Crippen LogP) is 2.29. The molecule has 2 aromatic rings. The smallest absolute Gasteiger partial charge is 0.271 e. The lowest BCUT2D eigenvalue weighted by molar-refractivity contribution is 0.0951. The van der Waals surface area contributed by atoms with E-state index in [1.165, 1.54) is 12.6 Å². The van der Waals surface area contributed by atoms with E-state index in [0.29, 0.717) is 25.5 Å². The van der Waals surface area contributed by atoms with Crippen LogP contribution < -0.4 is 15.4 Å². The molecule has 3 N–H and O–H groups in total. The lowest BCUT2D eigenvalue weighted by Gasteiger charge is -2.16. The lowest BCUT2D eigenvalue weighted by Crippen LogP contribution is -2.23. The number of carbonyl (C=O) groups excluding carboxylic acids is 2. The average molecular weight is 357 g/mol. The highest BCUT2D eigenvalue weighted by Crippen LogP contribution is 2.29. The Balaban J connectivity index is 1.85. The Morgan fingerprint density at radius 3 is 2.73 bits per heavy atom. The Labute approximate surface area is 152 Å². The molecule has 0 aliphatic carbocycles. The fourth-order valence-corrected chi connectivity index (χ4v) is 2.90. The van der Waals surface area contributed by atoms with Crippen LogP contribution in [0.3, 0.4) is 0 Å². The predicted molar refractivity (Wildman–Crippen MR) is 96.2 cm³/mol. The van der Waals surface area contributed by atoms with Crippen molar-refractivity contribution in [1.29, 1.82) is 0 Å². The van der Waals surface area contributed by atoms with Gasteiger partial charge in [0.15, 0.2) is 5.75 Å². The van der Waals surface area contributed by atoms with Crippen LogP contribution in [0.2, 0.25) is 0 Å².